The number of benzene rings is 1. The number of aromatic nitrogens is 1. The number of para-hydroxylation sites is 1. The fourth-order valence-electron chi connectivity index (χ4n) is 2.43. The SMILES string of the molecule is CCOC(=O)CCn1c(=NC(=O)/C=C/c2cccs2)sc2ccccc21. The van der Waals surface area contributed by atoms with Gasteiger partial charge < -0.3 is 9.30 Å². The van der Waals surface area contributed by atoms with E-state index in [-0.39, 0.29) is 18.3 Å². The van der Waals surface area contributed by atoms with Crippen LogP contribution in [0.25, 0.3) is 16.3 Å². The van der Waals surface area contributed by atoms with E-state index >= 15 is 0 Å². The number of nitrogens with zero attached hydrogens (tertiary/aromatic N) is 2. The van der Waals surface area contributed by atoms with E-state index in [0.29, 0.717) is 18.0 Å². The molecule has 0 N–H and O–H groups in total. The van der Waals surface area contributed by atoms with Gasteiger partial charge in [-0.15, -0.1) is 11.3 Å². The number of thiophene rings is 1. The zero-order chi connectivity index (χ0) is 18.4. The lowest BCUT2D eigenvalue weighted by molar-refractivity contribution is -0.143. The molecule has 1 amide bonds. The molecule has 3 rings (SSSR count). The van der Waals surface area contributed by atoms with Crippen LogP contribution in [0, 0.1) is 0 Å². The molecular weight excluding hydrogens is 368 g/mol. The van der Waals surface area contributed by atoms with E-state index in [1.54, 1.807) is 24.3 Å². The molecule has 0 saturated carbocycles. The van der Waals surface area contributed by atoms with Gasteiger partial charge in [-0.25, -0.2) is 0 Å². The molecular formula is C19H18N2O3S2. The first kappa shape index (κ1) is 18.3. The summed E-state index contributed by atoms with van der Waals surface area (Å²) >= 11 is 2.99. The Bertz CT molecular complexity index is 997. The van der Waals surface area contributed by atoms with Gasteiger partial charge in [-0.2, -0.15) is 4.99 Å². The second-order valence-corrected chi connectivity index (χ2v) is 7.35. The Morgan fingerprint density at radius 3 is 2.85 bits per heavy atom. The highest BCUT2D eigenvalue weighted by Crippen LogP contribution is 2.17. The molecule has 7 heteroatoms. The van der Waals surface area contributed by atoms with Crippen molar-refractivity contribution in [3.05, 3.63) is 57.5 Å². The standard InChI is InChI=1S/C19H18N2O3S2/c1-2-24-18(23)11-12-21-15-7-3-4-8-16(15)26-19(21)20-17(22)10-9-14-6-5-13-25-14/h3-10,13H,2,11-12H2,1H3/b10-9+,20-19?. The summed E-state index contributed by atoms with van der Waals surface area (Å²) in [6, 6.07) is 11.7. The molecule has 3 aromatic rings. The summed E-state index contributed by atoms with van der Waals surface area (Å²) in [6.07, 6.45) is 3.46. The van der Waals surface area contributed by atoms with Crippen molar-refractivity contribution in [2.45, 2.75) is 19.9 Å². The van der Waals surface area contributed by atoms with E-state index in [4.69, 9.17) is 4.74 Å². The fraction of sp³-hybridized carbons (Fsp3) is 0.211. The van der Waals surface area contributed by atoms with Crippen molar-refractivity contribution in [3.63, 3.8) is 0 Å². The average molecular weight is 386 g/mol. The number of thiazole rings is 1. The van der Waals surface area contributed by atoms with Crippen molar-refractivity contribution in [3.8, 4) is 0 Å². The molecule has 0 aliphatic rings. The second kappa shape index (κ2) is 8.73. The Balaban J connectivity index is 1.89. The van der Waals surface area contributed by atoms with Crippen LogP contribution in [0.5, 0.6) is 0 Å². The van der Waals surface area contributed by atoms with Gasteiger partial charge in [0.1, 0.15) is 0 Å². The van der Waals surface area contributed by atoms with Crippen LogP contribution < -0.4 is 4.80 Å². The van der Waals surface area contributed by atoms with Crippen LogP contribution in [0.4, 0.5) is 0 Å². The topological polar surface area (TPSA) is 60.7 Å². The Hall–Kier alpha value is -2.51. The van der Waals surface area contributed by atoms with Crippen molar-refractivity contribution in [2.24, 2.45) is 4.99 Å². The summed E-state index contributed by atoms with van der Waals surface area (Å²) in [6.45, 7) is 2.56. The van der Waals surface area contributed by atoms with Crippen LogP contribution >= 0.6 is 22.7 Å². The number of rotatable bonds is 6. The van der Waals surface area contributed by atoms with Crippen molar-refractivity contribution in [1.29, 1.82) is 0 Å². The van der Waals surface area contributed by atoms with Gasteiger partial charge in [-0.3, -0.25) is 9.59 Å². The Labute approximate surface area is 158 Å². The van der Waals surface area contributed by atoms with Crippen molar-refractivity contribution in [1.82, 2.24) is 4.57 Å². The molecule has 2 aromatic heterocycles. The molecule has 0 unspecified atom stereocenters. The van der Waals surface area contributed by atoms with E-state index in [1.807, 2.05) is 46.3 Å². The molecule has 0 atom stereocenters. The lowest BCUT2D eigenvalue weighted by atomic mass is 10.3. The van der Waals surface area contributed by atoms with Gasteiger partial charge >= 0.3 is 5.97 Å². The molecule has 2 heterocycles. The third-order valence-corrected chi connectivity index (χ3v) is 5.47. The number of aryl methyl sites for hydroxylation is 1. The highest BCUT2D eigenvalue weighted by Gasteiger charge is 2.09. The lowest BCUT2D eigenvalue weighted by Gasteiger charge is -2.05. The number of amides is 1. The molecule has 0 aliphatic heterocycles. The minimum absolute atomic E-state index is 0.237. The van der Waals surface area contributed by atoms with Crippen molar-refractivity contribution >= 4 is 50.8 Å². The quantitative estimate of drug-likeness (QED) is 0.477. The predicted molar refractivity (Wildman–Crippen MR) is 105 cm³/mol. The number of hydrogen-bond acceptors (Lipinski definition) is 5. The zero-order valence-corrected chi connectivity index (χ0v) is 15.9. The van der Waals surface area contributed by atoms with Gasteiger partial charge in [-0.1, -0.05) is 29.5 Å². The Morgan fingerprint density at radius 2 is 2.08 bits per heavy atom. The molecule has 0 spiro atoms. The van der Waals surface area contributed by atoms with E-state index in [0.717, 1.165) is 15.1 Å². The molecule has 0 fully saturated rings. The molecule has 134 valence electrons. The highest BCUT2D eigenvalue weighted by molar-refractivity contribution is 7.16. The highest BCUT2D eigenvalue weighted by atomic mass is 32.1. The summed E-state index contributed by atoms with van der Waals surface area (Å²) in [5.41, 5.74) is 0.954. The number of fused-ring (bicyclic) bond motifs is 1. The minimum atomic E-state index is -0.324. The monoisotopic (exact) mass is 386 g/mol. The molecule has 0 saturated heterocycles. The van der Waals surface area contributed by atoms with E-state index in [2.05, 4.69) is 4.99 Å². The van der Waals surface area contributed by atoms with Gasteiger partial charge in [0.15, 0.2) is 4.80 Å². The first-order valence-electron chi connectivity index (χ1n) is 8.21. The molecule has 0 aliphatic carbocycles. The van der Waals surface area contributed by atoms with Crippen LogP contribution in [0.2, 0.25) is 0 Å². The summed E-state index contributed by atoms with van der Waals surface area (Å²) in [5, 5.41) is 1.95. The van der Waals surface area contributed by atoms with Crippen molar-refractivity contribution in [2.75, 3.05) is 6.61 Å². The van der Waals surface area contributed by atoms with E-state index in [1.165, 1.54) is 17.4 Å². The van der Waals surface area contributed by atoms with Crippen molar-refractivity contribution < 1.29 is 14.3 Å². The first-order valence-corrected chi connectivity index (χ1v) is 9.91. The van der Waals surface area contributed by atoms with Gasteiger partial charge in [0.05, 0.1) is 23.2 Å². The van der Waals surface area contributed by atoms with Crippen LogP contribution in [0.1, 0.15) is 18.2 Å². The number of hydrogen-bond donors (Lipinski definition) is 0. The molecule has 0 bridgehead atoms. The second-order valence-electron chi connectivity index (χ2n) is 5.36. The number of carbonyl (C=O) groups excluding carboxylic acids is 2. The largest absolute Gasteiger partial charge is 0.466 e. The number of carbonyl (C=O) groups is 2. The third kappa shape index (κ3) is 4.56. The average Bonchev–Trinajstić information content (AvgIpc) is 3.26. The van der Waals surface area contributed by atoms with Gasteiger partial charge in [-0.05, 0) is 36.6 Å². The number of esters is 1. The third-order valence-electron chi connectivity index (χ3n) is 3.57. The summed E-state index contributed by atoms with van der Waals surface area (Å²) < 4.78 is 7.91. The van der Waals surface area contributed by atoms with Crippen LogP contribution in [-0.2, 0) is 20.9 Å². The van der Waals surface area contributed by atoms with Crippen LogP contribution in [0.15, 0.2) is 52.8 Å². The Kier molecular flexibility index (Phi) is 6.14. The fourth-order valence-corrected chi connectivity index (χ4v) is 4.11. The Morgan fingerprint density at radius 1 is 1.23 bits per heavy atom. The normalized spacial score (nSPS) is 12.1. The van der Waals surface area contributed by atoms with E-state index < -0.39 is 0 Å². The maximum absolute atomic E-state index is 12.2. The summed E-state index contributed by atoms with van der Waals surface area (Å²) in [7, 11) is 0. The van der Waals surface area contributed by atoms with Gasteiger partial charge in [0.25, 0.3) is 5.91 Å². The summed E-state index contributed by atoms with van der Waals surface area (Å²) in [4.78, 5) is 29.7. The summed E-state index contributed by atoms with van der Waals surface area (Å²) in [5.74, 6) is -0.583. The van der Waals surface area contributed by atoms with E-state index in [9.17, 15) is 9.59 Å². The van der Waals surface area contributed by atoms with Gasteiger partial charge in [0.2, 0.25) is 0 Å². The predicted octanol–water partition coefficient (Wildman–Crippen LogP) is 3.86. The smallest absolute Gasteiger partial charge is 0.307 e. The maximum Gasteiger partial charge on any atom is 0.307 e. The van der Waals surface area contributed by atoms with Crippen LogP contribution in [0.3, 0.4) is 0 Å². The maximum atomic E-state index is 12.2. The molecule has 0 radical (unpaired) electrons. The number of ether oxygens (including phenoxy) is 1. The first-order chi connectivity index (χ1) is 12.7. The molecule has 5 nitrogen and oxygen atoms in total. The van der Waals surface area contributed by atoms with Gasteiger partial charge in [0, 0.05) is 17.5 Å². The minimum Gasteiger partial charge on any atom is -0.466 e. The molecule has 1 aromatic carbocycles. The molecule has 26 heavy (non-hydrogen) atoms. The lowest BCUT2D eigenvalue weighted by Crippen LogP contribution is -2.19. The zero-order valence-electron chi connectivity index (χ0n) is 14.3. The van der Waals surface area contributed by atoms with Crippen LogP contribution in [-0.4, -0.2) is 23.1 Å².